The summed E-state index contributed by atoms with van der Waals surface area (Å²) in [5.74, 6) is 0. The summed E-state index contributed by atoms with van der Waals surface area (Å²) in [4.78, 5) is 1.02. The van der Waals surface area contributed by atoms with Crippen molar-refractivity contribution < 1.29 is 0 Å². The zero-order valence-corrected chi connectivity index (χ0v) is 9.65. The number of hydrogen-bond acceptors (Lipinski definition) is 1. The zero-order chi connectivity index (χ0) is 9.98. The summed E-state index contributed by atoms with van der Waals surface area (Å²) in [5.41, 5.74) is 1.28. The topological polar surface area (TPSA) is 0 Å². The van der Waals surface area contributed by atoms with E-state index >= 15 is 0 Å². The van der Waals surface area contributed by atoms with Crippen molar-refractivity contribution in [2.45, 2.75) is 39.5 Å². The van der Waals surface area contributed by atoms with Gasteiger partial charge in [-0.3, -0.25) is 0 Å². The monoisotopic (exact) mass is 184 g/mol. The molecular formula is C11H20S. The van der Waals surface area contributed by atoms with E-state index in [0.717, 1.165) is 4.90 Å². The first-order valence-electron chi connectivity index (χ1n) is 4.54. The van der Waals surface area contributed by atoms with Gasteiger partial charge in [-0.1, -0.05) is 45.4 Å². The molecular weight excluding hydrogens is 164 g/mol. The summed E-state index contributed by atoms with van der Waals surface area (Å²) in [6, 6.07) is 8.06. The van der Waals surface area contributed by atoms with Crippen LogP contribution in [0, 0.1) is 6.92 Å². The van der Waals surface area contributed by atoms with Gasteiger partial charge in [-0.15, -0.1) is 12.6 Å². The fourth-order valence-electron chi connectivity index (χ4n) is 0.545. The lowest BCUT2D eigenvalue weighted by Gasteiger charge is -1.89. The van der Waals surface area contributed by atoms with E-state index in [2.05, 4.69) is 19.6 Å². The Kier molecular flexibility index (Phi) is 12.4. The highest BCUT2D eigenvalue weighted by atomic mass is 32.1. The quantitative estimate of drug-likeness (QED) is 0.570. The third kappa shape index (κ3) is 7.67. The normalized spacial score (nSPS) is 7.17. The Morgan fingerprint density at radius 1 is 0.833 bits per heavy atom. The van der Waals surface area contributed by atoms with Crippen molar-refractivity contribution in [3.8, 4) is 0 Å². The Morgan fingerprint density at radius 3 is 1.42 bits per heavy atom. The highest BCUT2D eigenvalue weighted by Gasteiger charge is 1.80. The van der Waals surface area contributed by atoms with Gasteiger partial charge >= 0.3 is 0 Å². The Bertz CT molecular complexity index is 144. The van der Waals surface area contributed by atoms with E-state index < -0.39 is 0 Å². The van der Waals surface area contributed by atoms with Crippen molar-refractivity contribution >= 4 is 12.6 Å². The largest absolute Gasteiger partial charge is 0.143 e. The van der Waals surface area contributed by atoms with Crippen molar-refractivity contribution in [3.63, 3.8) is 0 Å². The molecule has 1 rings (SSSR count). The average molecular weight is 184 g/mol. The van der Waals surface area contributed by atoms with Crippen LogP contribution in [0.1, 0.15) is 33.3 Å². The highest BCUT2D eigenvalue weighted by molar-refractivity contribution is 7.80. The molecule has 0 aromatic heterocycles. The van der Waals surface area contributed by atoms with Crippen LogP contribution >= 0.6 is 12.6 Å². The average Bonchev–Trinajstić information content (AvgIpc) is 2.17. The van der Waals surface area contributed by atoms with Gasteiger partial charge in [0.05, 0.1) is 0 Å². The Balaban J connectivity index is 0. The van der Waals surface area contributed by atoms with Gasteiger partial charge in [0.15, 0.2) is 0 Å². The molecule has 0 spiro atoms. The van der Waals surface area contributed by atoms with Crippen molar-refractivity contribution in [1.82, 2.24) is 0 Å². The number of rotatable bonds is 0. The van der Waals surface area contributed by atoms with E-state index in [1.54, 1.807) is 0 Å². The predicted molar refractivity (Wildman–Crippen MR) is 61.1 cm³/mol. The van der Waals surface area contributed by atoms with Crippen LogP contribution in [-0.4, -0.2) is 0 Å². The lowest BCUT2D eigenvalue weighted by atomic mass is 10.2. The van der Waals surface area contributed by atoms with Gasteiger partial charge in [-0.25, -0.2) is 0 Å². The molecule has 1 aromatic rings. The summed E-state index contributed by atoms with van der Waals surface area (Å²) in [7, 11) is 0. The van der Waals surface area contributed by atoms with Gasteiger partial charge in [0.1, 0.15) is 0 Å². The van der Waals surface area contributed by atoms with Crippen molar-refractivity contribution in [2.24, 2.45) is 0 Å². The van der Waals surface area contributed by atoms with Crippen LogP contribution < -0.4 is 0 Å². The van der Waals surface area contributed by atoms with Crippen LogP contribution in [-0.2, 0) is 0 Å². The first-order valence-corrected chi connectivity index (χ1v) is 4.99. The molecule has 0 saturated heterocycles. The second-order valence-electron chi connectivity index (χ2n) is 1.84. The van der Waals surface area contributed by atoms with E-state index in [4.69, 9.17) is 0 Å². The smallest absolute Gasteiger partial charge is 0.00401 e. The third-order valence-electron chi connectivity index (χ3n) is 1.03. The summed E-state index contributed by atoms with van der Waals surface area (Å²) in [5, 5.41) is 0. The fourth-order valence-corrected chi connectivity index (χ4v) is 0.694. The van der Waals surface area contributed by atoms with Gasteiger partial charge in [-0.05, 0) is 19.1 Å². The minimum absolute atomic E-state index is 1.02. The van der Waals surface area contributed by atoms with Crippen molar-refractivity contribution in [2.75, 3.05) is 0 Å². The highest BCUT2D eigenvalue weighted by Crippen LogP contribution is 2.05. The van der Waals surface area contributed by atoms with Gasteiger partial charge in [0, 0.05) is 4.90 Å². The van der Waals surface area contributed by atoms with Crippen LogP contribution in [0.2, 0.25) is 0 Å². The summed E-state index contributed by atoms with van der Waals surface area (Å²) >= 11 is 4.13. The summed E-state index contributed by atoms with van der Waals surface area (Å²) in [6.45, 7) is 10.1. The second kappa shape index (κ2) is 10.6. The molecule has 70 valence electrons. The molecule has 0 unspecified atom stereocenters. The lowest BCUT2D eigenvalue weighted by Crippen LogP contribution is -1.67. The molecule has 0 N–H and O–H groups in total. The van der Waals surface area contributed by atoms with E-state index in [1.807, 2.05) is 52.0 Å². The molecule has 0 bridgehead atoms. The summed E-state index contributed by atoms with van der Waals surface area (Å²) < 4.78 is 0. The molecule has 0 saturated carbocycles. The minimum atomic E-state index is 1.02. The van der Waals surface area contributed by atoms with Crippen LogP contribution in [0.15, 0.2) is 29.2 Å². The molecule has 1 heteroatoms. The van der Waals surface area contributed by atoms with E-state index in [-0.39, 0.29) is 0 Å². The van der Waals surface area contributed by atoms with E-state index in [9.17, 15) is 0 Å². The Morgan fingerprint density at radius 2 is 1.17 bits per heavy atom. The van der Waals surface area contributed by atoms with Crippen LogP contribution in [0.25, 0.3) is 0 Å². The van der Waals surface area contributed by atoms with Gasteiger partial charge in [0.2, 0.25) is 0 Å². The maximum absolute atomic E-state index is 4.13. The SMILES string of the molecule is CC.CC.Cc1ccc(S)cc1. The molecule has 0 aliphatic rings. The molecule has 0 nitrogen and oxygen atoms in total. The number of benzene rings is 1. The first-order chi connectivity index (χ1) is 5.79. The molecule has 0 fully saturated rings. The Labute approximate surface area is 82.4 Å². The minimum Gasteiger partial charge on any atom is -0.143 e. The standard InChI is InChI=1S/C7H8S.2C2H6/c1-6-2-4-7(8)5-3-6;2*1-2/h2-5,8H,1H3;2*1-2H3. The predicted octanol–water partition coefficient (Wildman–Crippen LogP) is 4.34. The van der Waals surface area contributed by atoms with Crippen LogP contribution in [0.3, 0.4) is 0 Å². The van der Waals surface area contributed by atoms with Gasteiger partial charge in [-0.2, -0.15) is 0 Å². The molecule has 0 aliphatic carbocycles. The fraction of sp³-hybridized carbons (Fsp3) is 0.455. The van der Waals surface area contributed by atoms with Crippen LogP contribution in [0.4, 0.5) is 0 Å². The van der Waals surface area contributed by atoms with E-state index in [1.165, 1.54) is 5.56 Å². The number of hydrogen-bond donors (Lipinski definition) is 1. The zero-order valence-electron chi connectivity index (χ0n) is 8.76. The third-order valence-corrected chi connectivity index (χ3v) is 1.33. The van der Waals surface area contributed by atoms with Crippen molar-refractivity contribution in [3.05, 3.63) is 29.8 Å². The molecule has 0 amide bonds. The van der Waals surface area contributed by atoms with Crippen LogP contribution in [0.5, 0.6) is 0 Å². The van der Waals surface area contributed by atoms with Crippen molar-refractivity contribution in [1.29, 1.82) is 0 Å². The molecule has 0 aliphatic heterocycles. The molecule has 0 heterocycles. The van der Waals surface area contributed by atoms with E-state index in [0.29, 0.717) is 0 Å². The van der Waals surface area contributed by atoms with Gasteiger partial charge in [0.25, 0.3) is 0 Å². The maximum Gasteiger partial charge on any atom is 0.00401 e. The first kappa shape index (κ1) is 14.1. The number of thiol groups is 1. The molecule has 0 radical (unpaired) electrons. The summed E-state index contributed by atoms with van der Waals surface area (Å²) in [6.07, 6.45) is 0. The molecule has 0 atom stereocenters. The van der Waals surface area contributed by atoms with Gasteiger partial charge < -0.3 is 0 Å². The molecule has 12 heavy (non-hydrogen) atoms. The molecule has 1 aromatic carbocycles. The second-order valence-corrected chi connectivity index (χ2v) is 2.35. The Hall–Kier alpha value is -0.430. The lowest BCUT2D eigenvalue weighted by molar-refractivity contribution is 1.39. The maximum atomic E-state index is 4.13. The number of aryl methyl sites for hydroxylation is 1.